The van der Waals surface area contributed by atoms with E-state index in [0.29, 0.717) is 23.4 Å². The van der Waals surface area contributed by atoms with Gasteiger partial charge in [-0.3, -0.25) is 0 Å². The van der Waals surface area contributed by atoms with Gasteiger partial charge in [-0.1, -0.05) is 0 Å². The van der Waals surface area contributed by atoms with Gasteiger partial charge in [0.25, 0.3) is 0 Å². The van der Waals surface area contributed by atoms with Crippen LogP contribution >= 0.6 is 0 Å². The maximum Gasteiger partial charge on any atom is 0.335 e. The summed E-state index contributed by atoms with van der Waals surface area (Å²) in [6, 6.07) is 5.13. The van der Waals surface area contributed by atoms with Crippen LogP contribution < -0.4 is 5.32 Å². The van der Waals surface area contributed by atoms with Gasteiger partial charge in [-0.25, -0.2) is 18.0 Å². The van der Waals surface area contributed by atoms with Crippen LogP contribution in [0.4, 0.5) is 24.5 Å². The highest BCUT2D eigenvalue weighted by molar-refractivity contribution is 5.88. The summed E-state index contributed by atoms with van der Waals surface area (Å²) in [7, 11) is 0. The molecule has 0 aliphatic rings. The summed E-state index contributed by atoms with van der Waals surface area (Å²) in [6.45, 7) is 1.58. The lowest BCUT2D eigenvalue weighted by Crippen LogP contribution is -2.04. The predicted octanol–water partition coefficient (Wildman–Crippen LogP) is 3.85. The molecular formula is C14H10F3NO2. The van der Waals surface area contributed by atoms with Gasteiger partial charge in [0.05, 0.1) is 5.56 Å². The van der Waals surface area contributed by atoms with E-state index in [1.807, 2.05) is 0 Å². The Morgan fingerprint density at radius 2 is 1.70 bits per heavy atom. The molecule has 0 spiro atoms. The molecule has 0 saturated heterocycles. The molecule has 0 saturated carbocycles. The molecule has 3 nitrogen and oxygen atoms in total. The molecule has 0 heterocycles. The van der Waals surface area contributed by atoms with Crippen LogP contribution in [-0.4, -0.2) is 11.1 Å². The van der Waals surface area contributed by atoms with Gasteiger partial charge in [-0.05, 0) is 42.8 Å². The highest BCUT2D eigenvalue weighted by Gasteiger charge is 2.15. The largest absolute Gasteiger partial charge is 0.478 e. The molecule has 0 unspecified atom stereocenters. The predicted molar refractivity (Wildman–Crippen MR) is 67.7 cm³/mol. The Morgan fingerprint density at radius 3 is 2.20 bits per heavy atom. The third-order valence-electron chi connectivity index (χ3n) is 2.74. The smallest absolute Gasteiger partial charge is 0.335 e. The lowest BCUT2D eigenvalue weighted by molar-refractivity contribution is 0.0696. The molecule has 2 rings (SSSR count). The first-order chi connectivity index (χ1) is 9.38. The van der Waals surface area contributed by atoms with Crippen molar-refractivity contribution in [3.05, 3.63) is 58.9 Å². The Morgan fingerprint density at radius 1 is 1.10 bits per heavy atom. The molecule has 6 heteroatoms. The fourth-order valence-electron chi connectivity index (χ4n) is 1.72. The van der Waals surface area contributed by atoms with E-state index in [1.54, 1.807) is 6.92 Å². The van der Waals surface area contributed by atoms with Crippen molar-refractivity contribution in [2.24, 2.45) is 0 Å². The molecule has 0 aromatic heterocycles. The minimum absolute atomic E-state index is 0.326. The van der Waals surface area contributed by atoms with E-state index < -0.39 is 34.7 Å². The third-order valence-corrected chi connectivity index (χ3v) is 2.74. The van der Waals surface area contributed by atoms with Crippen LogP contribution in [0.3, 0.4) is 0 Å². The maximum atomic E-state index is 13.7. The molecule has 2 N–H and O–H groups in total. The van der Waals surface area contributed by atoms with Crippen molar-refractivity contribution in [1.29, 1.82) is 0 Å². The standard InChI is InChI=1S/C14H10F3NO2/c1-7-4-9(15)2-3-12(7)18-13-10(16)5-8(14(19)20)6-11(13)17/h2-6,18H,1H3,(H,19,20). The van der Waals surface area contributed by atoms with E-state index in [-0.39, 0.29) is 0 Å². The number of anilines is 2. The number of carboxylic acids is 1. The lowest BCUT2D eigenvalue weighted by Gasteiger charge is -2.12. The summed E-state index contributed by atoms with van der Waals surface area (Å²) >= 11 is 0. The normalized spacial score (nSPS) is 10.4. The second-order valence-corrected chi connectivity index (χ2v) is 4.20. The summed E-state index contributed by atoms with van der Waals surface area (Å²) in [6.07, 6.45) is 0. The zero-order chi connectivity index (χ0) is 14.9. The first-order valence-electron chi connectivity index (χ1n) is 5.64. The molecule has 0 amide bonds. The maximum absolute atomic E-state index is 13.7. The Bertz CT molecular complexity index is 663. The number of halogens is 3. The molecule has 104 valence electrons. The fraction of sp³-hybridized carbons (Fsp3) is 0.0714. The fourth-order valence-corrected chi connectivity index (χ4v) is 1.72. The van der Waals surface area contributed by atoms with Crippen LogP contribution in [0.25, 0.3) is 0 Å². The van der Waals surface area contributed by atoms with Crippen molar-refractivity contribution >= 4 is 17.3 Å². The number of nitrogens with one attached hydrogen (secondary N) is 1. The molecule has 0 radical (unpaired) electrons. The molecule has 0 bridgehead atoms. The van der Waals surface area contributed by atoms with Gasteiger partial charge in [0.1, 0.15) is 11.5 Å². The summed E-state index contributed by atoms with van der Waals surface area (Å²) in [4.78, 5) is 10.7. The molecule has 0 atom stereocenters. The van der Waals surface area contributed by atoms with E-state index in [9.17, 15) is 18.0 Å². The van der Waals surface area contributed by atoms with Crippen LogP contribution in [0.15, 0.2) is 30.3 Å². The molecule has 0 aliphatic carbocycles. The van der Waals surface area contributed by atoms with Crippen LogP contribution in [0.5, 0.6) is 0 Å². The first kappa shape index (κ1) is 13.9. The summed E-state index contributed by atoms with van der Waals surface area (Å²) in [5.41, 5.74) is -0.176. The summed E-state index contributed by atoms with van der Waals surface area (Å²) in [5, 5.41) is 11.2. The van der Waals surface area contributed by atoms with Crippen LogP contribution in [0.2, 0.25) is 0 Å². The number of hydrogen-bond donors (Lipinski definition) is 2. The highest BCUT2D eigenvalue weighted by Crippen LogP contribution is 2.27. The quantitative estimate of drug-likeness (QED) is 0.898. The zero-order valence-corrected chi connectivity index (χ0v) is 10.4. The van der Waals surface area contributed by atoms with Gasteiger partial charge in [0.15, 0.2) is 11.6 Å². The van der Waals surface area contributed by atoms with Crippen molar-refractivity contribution in [1.82, 2.24) is 0 Å². The van der Waals surface area contributed by atoms with Crippen LogP contribution in [0.1, 0.15) is 15.9 Å². The van der Waals surface area contributed by atoms with Gasteiger partial charge >= 0.3 is 5.97 Å². The minimum Gasteiger partial charge on any atom is -0.478 e. The number of rotatable bonds is 3. The molecule has 0 fully saturated rings. The monoisotopic (exact) mass is 281 g/mol. The number of aryl methyl sites for hydroxylation is 1. The highest BCUT2D eigenvalue weighted by atomic mass is 19.1. The Hall–Kier alpha value is -2.50. The second-order valence-electron chi connectivity index (χ2n) is 4.20. The van der Waals surface area contributed by atoms with Gasteiger partial charge in [-0.2, -0.15) is 0 Å². The molecule has 20 heavy (non-hydrogen) atoms. The van der Waals surface area contributed by atoms with Gasteiger partial charge in [-0.15, -0.1) is 0 Å². The number of carbonyl (C=O) groups is 1. The van der Waals surface area contributed by atoms with E-state index in [4.69, 9.17) is 5.11 Å². The third kappa shape index (κ3) is 2.74. The van der Waals surface area contributed by atoms with Crippen molar-refractivity contribution in [2.45, 2.75) is 6.92 Å². The number of hydrogen-bond acceptors (Lipinski definition) is 2. The van der Waals surface area contributed by atoms with Crippen molar-refractivity contribution in [2.75, 3.05) is 5.32 Å². The molecule has 2 aromatic rings. The summed E-state index contributed by atoms with van der Waals surface area (Å²) in [5.74, 6) is -3.96. The number of aromatic carboxylic acids is 1. The van der Waals surface area contributed by atoms with Crippen molar-refractivity contribution in [3.8, 4) is 0 Å². The Labute approximate surface area is 112 Å². The van der Waals surface area contributed by atoms with Crippen molar-refractivity contribution < 1.29 is 23.1 Å². The molecule has 0 aliphatic heterocycles. The van der Waals surface area contributed by atoms with E-state index in [1.165, 1.54) is 12.1 Å². The SMILES string of the molecule is Cc1cc(F)ccc1Nc1c(F)cc(C(=O)O)cc1F. The van der Waals surface area contributed by atoms with E-state index >= 15 is 0 Å². The first-order valence-corrected chi connectivity index (χ1v) is 5.64. The average molecular weight is 281 g/mol. The van der Waals surface area contributed by atoms with Gasteiger partial charge < -0.3 is 10.4 Å². The van der Waals surface area contributed by atoms with Gasteiger partial charge in [0.2, 0.25) is 0 Å². The molecular weight excluding hydrogens is 271 g/mol. The second kappa shape index (κ2) is 5.24. The molecule has 2 aromatic carbocycles. The van der Waals surface area contributed by atoms with Gasteiger partial charge in [0, 0.05) is 5.69 Å². The van der Waals surface area contributed by atoms with Crippen LogP contribution in [-0.2, 0) is 0 Å². The van der Waals surface area contributed by atoms with E-state index in [2.05, 4.69) is 5.32 Å². The Kier molecular flexibility index (Phi) is 3.65. The Balaban J connectivity index is 2.41. The van der Waals surface area contributed by atoms with Crippen LogP contribution in [0, 0.1) is 24.4 Å². The van der Waals surface area contributed by atoms with E-state index in [0.717, 1.165) is 6.07 Å². The number of benzene rings is 2. The summed E-state index contributed by atoms with van der Waals surface area (Å²) < 4.78 is 40.4. The minimum atomic E-state index is -1.42. The number of carboxylic acid groups (broad SMARTS) is 1. The zero-order valence-electron chi connectivity index (χ0n) is 10.4. The topological polar surface area (TPSA) is 49.3 Å². The average Bonchev–Trinajstić information content (AvgIpc) is 2.35. The lowest BCUT2D eigenvalue weighted by atomic mass is 10.1. The van der Waals surface area contributed by atoms with Crippen molar-refractivity contribution in [3.63, 3.8) is 0 Å².